The molecule has 0 aromatic heterocycles. The highest BCUT2D eigenvalue weighted by atomic mass is 16.5. The van der Waals surface area contributed by atoms with Crippen LogP contribution >= 0.6 is 0 Å². The van der Waals surface area contributed by atoms with Crippen molar-refractivity contribution in [3.8, 4) is 11.5 Å². The summed E-state index contributed by atoms with van der Waals surface area (Å²) in [5.74, 6) is 0.530. The van der Waals surface area contributed by atoms with Crippen LogP contribution in [0.15, 0.2) is 48.5 Å². The third-order valence-corrected chi connectivity index (χ3v) is 4.06. The quantitative estimate of drug-likeness (QED) is 0.574. The van der Waals surface area contributed by atoms with Gasteiger partial charge >= 0.3 is 0 Å². The number of nitrogens with two attached hydrogens (primary N) is 1. The second kappa shape index (κ2) is 10.9. The van der Waals surface area contributed by atoms with Gasteiger partial charge in [0.1, 0.15) is 0 Å². The molecular formula is C21H27N3O4. The van der Waals surface area contributed by atoms with Crippen LogP contribution in [0, 0.1) is 0 Å². The Hall–Kier alpha value is -3.06. The van der Waals surface area contributed by atoms with Gasteiger partial charge in [-0.1, -0.05) is 36.4 Å². The van der Waals surface area contributed by atoms with Crippen molar-refractivity contribution in [3.05, 3.63) is 59.7 Å². The van der Waals surface area contributed by atoms with Gasteiger partial charge in [0.15, 0.2) is 18.1 Å². The van der Waals surface area contributed by atoms with Crippen molar-refractivity contribution in [2.45, 2.75) is 25.9 Å². The average molecular weight is 385 g/mol. The Kier molecular flexibility index (Phi) is 8.30. The summed E-state index contributed by atoms with van der Waals surface area (Å²) < 4.78 is 10.8. The largest absolute Gasteiger partial charge is 0.493 e. The molecule has 4 N–H and O–H groups in total. The summed E-state index contributed by atoms with van der Waals surface area (Å²) in [6.07, 6.45) is 0.475. The van der Waals surface area contributed by atoms with Gasteiger partial charge in [-0.15, -0.1) is 0 Å². The van der Waals surface area contributed by atoms with E-state index in [4.69, 9.17) is 15.2 Å². The van der Waals surface area contributed by atoms with E-state index in [-0.39, 0.29) is 18.4 Å². The molecule has 7 heteroatoms. The average Bonchev–Trinajstić information content (AvgIpc) is 2.71. The Bertz CT molecular complexity index is 780. The van der Waals surface area contributed by atoms with Gasteiger partial charge < -0.3 is 25.8 Å². The maximum Gasteiger partial charge on any atom is 0.257 e. The fourth-order valence-corrected chi connectivity index (χ4v) is 2.61. The molecule has 150 valence electrons. The number of methoxy groups -OCH3 is 1. The summed E-state index contributed by atoms with van der Waals surface area (Å²) in [5.41, 5.74) is 7.84. The summed E-state index contributed by atoms with van der Waals surface area (Å²) in [6.45, 7) is 2.61. The van der Waals surface area contributed by atoms with Crippen molar-refractivity contribution >= 4 is 11.8 Å². The van der Waals surface area contributed by atoms with Crippen molar-refractivity contribution in [2.75, 3.05) is 20.3 Å². The lowest BCUT2D eigenvalue weighted by Crippen LogP contribution is -2.41. The van der Waals surface area contributed by atoms with Crippen molar-refractivity contribution in [1.82, 2.24) is 10.6 Å². The van der Waals surface area contributed by atoms with Crippen LogP contribution in [0.2, 0.25) is 0 Å². The Morgan fingerprint density at radius 2 is 1.79 bits per heavy atom. The second-order valence-corrected chi connectivity index (χ2v) is 6.24. The number of rotatable bonds is 10. The van der Waals surface area contributed by atoms with Gasteiger partial charge in [0.05, 0.1) is 13.2 Å². The molecule has 1 atom stereocenters. The van der Waals surface area contributed by atoms with Gasteiger partial charge in [-0.3, -0.25) is 9.59 Å². The number of nitrogens with one attached hydrogen (secondary N) is 2. The van der Waals surface area contributed by atoms with E-state index >= 15 is 0 Å². The minimum atomic E-state index is -0.621. The van der Waals surface area contributed by atoms with Crippen molar-refractivity contribution < 1.29 is 19.1 Å². The fraction of sp³-hybridized carbons (Fsp3) is 0.333. The van der Waals surface area contributed by atoms with Crippen molar-refractivity contribution in [1.29, 1.82) is 0 Å². The molecule has 0 fully saturated rings. The maximum atomic E-state index is 12.2. The molecule has 0 aliphatic heterocycles. The SMILES string of the molecule is CCNC(=O)COc1ccc(CNC(=O)[C@@H](N)Cc2ccccc2)cc1OC. The fourth-order valence-electron chi connectivity index (χ4n) is 2.61. The Morgan fingerprint density at radius 1 is 1.04 bits per heavy atom. The predicted molar refractivity (Wildman–Crippen MR) is 107 cm³/mol. The van der Waals surface area contributed by atoms with Crippen LogP contribution in [0.25, 0.3) is 0 Å². The summed E-state index contributed by atoms with van der Waals surface area (Å²) in [4.78, 5) is 23.8. The zero-order chi connectivity index (χ0) is 20.4. The van der Waals surface area contributed by atoms with E-state index in [0.717, 1.165) is 11.1 Å². The number of hydrogen-bond donors (Lipinski definition) is 3. The van der Waals surface area contributed by atoms with Gasteiger partial charge in [-0.25, -0.2) is 0 Å². The third kappa shape index (κ3) is 6.59. The van der Waals surface area contributed by atoms with Crippen LogP contribution in [-0.4, -0.2) is 38.1 Å². The molecule has 7 nitrogen and oxygen atoms in total. The number of likely N-dealkylation sites (N-methyl/N-ethyl adjacent to an activating group) is 1. The molecule has 2 rings (SSSR count). The first-order valence-corrected chi connectivity index (χ1v) is 9.17. The molecule has 0 aliphatic carbocycles. The number of carbonyl (C=O) groups is 2. The summed E-state index contributed by atoms with van der Waals surface area (Å²) in [7, 11) is 1.52. The number of ether oxygens (including phenoxy) is 2. The molecule has 0 saturated heterocycles. The Balaban J connectivity index is 1.89. The molecule has 0 aliphatic rings. The maximum absolute atomic E-state index is 12.2. The number of amides is 2. The second-order valence-electron chi connectivity index (χ2n) is 6.24. The molecular weight excluding hydrogens is 358 g/mol. The Labute approximate surface area is 165 Å². The lowest BCUT2D eigenvalue weighted by atomic mass is 10.1. The van der Waals surface area contributed by atoms with Gasteiger partial charge in [0.25, 0.3) is 5.91 Å². The molecule has 0 heterocycles. The summed E-state index contributed by atoms with van der Waals surface area (Å²) in [5, 5.41) is 5.49. The first-order chi connectivity index (χ1) is 13.5. The zero-order valence-electron chi connectivity index (χ0n) is 16.2. The number of carbonyl (C=O) groups excluding carboxylic acids is 2. The molecule has 2 aromatic carbocycles. The van der Waals surface area contributed by atoms with E-state index in [2.05, 4.69) is 10.6 Å². The monoisotopic (exact) mass is 385 g/mol. The molecule has 0 radical (unpaired) electrons. The summed E-state index contributed by atoms with van der Waals surface area (Å²) in [6, 6.07) is 14.3. The molecule has 0 spiro atoms. The normalized spacial score (nSPS) is 11.4. The highest BCUT2D eigenvalue weighted by Gasteiger charge is 2.14. The molecule has 28 heavy (non-hydrogen) atoms. The Morgan fingerprint density at radius 3 is 2.46 bits per heavy atom. The van der Waals surface area contributed by atoms with E-state index in [1.54, 1.807) is 18.2 Å². The molecule has 0 unspecified atom stereocenters. The van der Waals surface area contributed by atoms with Crippen molar-refractivity contribution in [2.24, 2.45) is 5.73 Å². The van der Waals surface area contributed by atoms with E-state index < -0.39 is 6.04 Å². The predicted octanol–water partition coefficient (Wildman–Crippen LogP) is 1.40. The first-order valence-electron chi connectivity index (χ1n) is 9.17. The minimum Gasteiger partial charge on any atom is -0.493 e. The number of hydrogen-bond acceptors (Lipinski definition) is 5. The van der Waals surface area contributed by atoms with E-state index in [9.17, 15) is 9.59 Å². The lowest BCUT2D eigenvalue weighted by Gasteiger charge is -2.14. The van der Waals surface area contributed by atoms with E-state index in [1.807, 2.05) is 37.3 Å². The van der Waals surface area contributed by atoms with Crippen LogP contribution in [0.5, 0.6) is 11.5 Å². The molecule has 0 saturated carbocycles. The third-order valence-electron chi connectivity index (χ3n) is 4.06. The number of benzene rings is 2. The molecule has 0 bridgehead atoms. The van der Waals surface area contributed by atoms with E-state index in [1.165, 1.54) is 7.11 Å². The lowest BCUT2D eigenvalue weighted by molar-refractivity contribution is -0.123. The molecule has 2 aromatic rings. The van der Waals surface area contributed by atoms with Crippen LogP contribution in [0.4, 0.5) is 0 Å². The topological polar surface area (TPSA) is 103 Å². The molecule has 2 amide bonds. The highest BCUT2D eigenvalue weighted by Crippen LogP contribution is 2.28. The smallest absolute Gasteiger partial charge is 0.257 e. The van der Waals surface area contributed by atoms with E-state index in [0.29, 0.717) is 31.0 Å². The van der Waals surface area contributed by atoms with Gasteiger partial charge in [0.2, 0.25) is 5.91 Å². The van der Waals surface area contributed by atoms with Crippen LogP contribution < -0.4 is 25.8 Å². The first kappa shape index (κ1) is 21.2. The van der Waals surface area contributed by atoms with Crippen molar-refractivity contribution in [3.63, 3.8) is 0 Å². The van der Waals surface area contributed by atoms with Gasteiger partial charge in [-0.05, 0) is 36.6 Å². The highest BCUT2D eigenvalue weighted by molar-refractivity contribution is 5.81. The summed E-state index contributed by atoms with van der Waals surface area (Å²) >= 11 is 0. The zero-order valence-corrected chi connectivity index (χ0v) is 16.2. The van der Waals surface area contributed by atoms with Gasteiger partial charge in [-0.2, -0.15) is 0 Å². The van der Waals surface area contributed by atoms with Crippen LogP contribution in [0.1, 0.15) is 18.1 Å². The van der Waals surface area contributed by atoms with Crippen LogP contribution in [0.3, 0.4) is 0 Å². The minimum absolute atomic E-state index is 0.0887. The van der Waals surface area contributed by atoms with Crippen LogP contribution in [-0.2, 0) is 22.6 Å². The standard InChI is InChI=1S/C21H27N3O4/c1-3-23-20(25)14-28-18-10-9-16(12-19(18)27-2)13-24-21(26)17(22)11-15-7-5-4-6-8-15/h4-10,12,17H,3,11,13-14,22H2,1-2H3,(H,23,25)(H,24,26)/t17-/m0/s1. The van der Waals surface area contributed by atoms with Gasteiger partial charge in [0, 0.05) is 13.1 Å².